The topological polar surface area (TPSA) is 50.7 Å². The second-order valence-electron chi connectivity index (χ2n) is 2.92. The molecule has 1 rings (SSSR count). The number of benzene rings is 1. The highest BCUT2D eigenvalue weighted by molar-refractivity contribution is 6.02. The lowest BCUT2D eigenvalue weighted by atomic mass is 10.1. The largest absolute Gasteiger partial charge is 0.416 e. The maximum Gasteiger partial charge on any atom is 0.416 e. The van der Waals surface area contributed by atoms with Crippen LogP contribution in [-0.4, -0.2) is 12.1 Å². The predicted octanol–water partition coefficient (Wildman–Crippen LogP) is 2.42. The molecule has 0 saturated heterocycles. The molecule has 0 aliphatic carbocycles. The first-order chi connectivity index (χ1) is 7.49. The number of aliphatic imine (C=N–C) groups is 1. The monoisotopic (exact) mass is 229 g/mol. The molecule has 16 heavy (non-hydrogen) atoms. The Kier molecular flexibility index (Phi) is 3.65. The number of halogens is 3. The summed E-state index contributed by atoms with van der Waals surface area (Å²) in [6.07, 6.45) is -2.97. The molecule has 3 nitrogen and oxygen atoms in total. The van der Waals surface area contributed by atoms with E-state index in [-0.39, 0.29) is 11.4 Å². The van der Waals surface area contributed by atoms with Gasteiger partial charge in [-0.2, -0.15) is 18.3 Å². The number of hydrazone groups is 1. The van der Waals surface area contributed by atoms with Crippen LogP contribution in [0.25, 0.3) is 0 Å². The minimum Gasteiger partial charge on any atom is -0.321 e. The quantitative estimate of drug-likeness (QED) is 0.342. The van der Waals surface area contributed by atoms with Crippen molar-refractivity contribution in [3.05, 3.63) is 35.4 Å². The molecule has 1 aromatic rings. The first-order valence-corrected chi connectivity index (χ1v) is 4.43. The Labute approximate surface area is 90.5 Å². The number of hydrogen-bond acceptors (Lipinski definition) is 2. The molecular formula is C10H10F3N3. The Morgan fingerprint density at radius 3 is 2.56 bits per heavy atom. The summed E-state index contributed by atoms with van der Waals surface area (Å²) >= 11 is 0. The second-order valence-corrected chi connectivity index (χ2v) is 2.92. The number of amidine groups is 1. The Hall–Kier alpha value is -1.85. The number of nitrogens with two attached hydrogens (primary N) is 1. The van der Waals surface area contributed by atoms with Gasteiger partial charge in [-0.05, 0) is 19.1 Å². The van der Waals surface area contributed by atoms with E-state index in [0.717, 1.165) is 12.1 Å². The molecule has 0 bridgehead atoms. The summed E-state index contributed by atoms with van der Waals surface area (Å²) in [6.45, 7) is 1.62. The summed E-state index contributed by atoms with van der Waals surface area (Å²) in [7, 11) is 0. The SMILES string of the molecule is CC=N/C(=N\N)c1cccc(C(F)(F)F)c1. The molecular weight excluding hydrogens is 219 g/mol. The second kappa shape index (κ2) is 4.78. The maximum atomic E-state index is 12.4. The summed E-state index contributed by atoms with van der Waals surface area (Å²) in [5.74, 6) is 5.11. The predicted molar refractivity (Wildman–Crippen MR) is 56.3 cm³/mol. The summed E-state index contributed by atoms with van der Waals surface area (Å²) in [5, 5.41) is 3.32. The van der Waals surface area contributed by atoms with Crippen molar-refractivity contribution in [2.45, 2.75) is 13.1 Å². The van der Waals surface area contributed by atoms with E-state index in [2.05, 4.69) is 10.1 Å². The van der Waals surface area contributed by atoms with Gasteiger partial charge in [0.1, 0.15) is 0 Å². The van der Waals surface area contributed by atoms with E-state index in [1.165, 1.54) is 18.3 Å². The summed E-state index contributed by atoms with van der Waals surface area (Å²) in [4.78, 5) is 3.77. The van der Waals surface area contributed by atoms with Crippen molar-refractivity contribution < 1.29 is 13.2 Å². The highest BCUT2D eigenvalue weighted by Crippen LogP contribution is 2.29. The van der Waals surface area contributed by atoms with Crippen LogP contribution in [0, 0.1) is 0 Å². The molecule has 1 aromatic carbocycles. The maximum absolute atomic E-state index is 12.4. The third-order valence-corrected chi connectivity index (χ3v) is 1.82. The van der Waals surface area contributed by atoms with Crippen LogP contribution in [0.4, 0.5) is 13.2 Å². The van der Waals surface area contributed by atoms with Crippen molar-refractivity contribution >= 4 is 12.1 Å². The van der Waals surface area contributed by atoms with Crippen molar-refractivity contribution in [2.75, 3.05) is 0 Å². The van der Waals surface area contributed by atoms with Gasteiger partial charge in [0.15, 0.2) is 5.84 Å². The van der Waals surface area contributed by atoms with Gasteiger partial charge in [0.25, 0.3) is 0 Å². The van der Waals surface area contributed by atoms with E-state index in [1.54, 1.807) is 6.92 Å². The first kappa shape index (κ1) is 12.2. The van der Waals surface area contributed by atoms with E-state index in [4.69, 9.17) is 5.84 Å². The average Bonchev–Trinajstić information content (AvgIpc) is 2.25. The molecule has 0 saturated carbocycles. The molecule has 0 radical (unpaired) electrons. The third kappa shape index (κ3) is 2.82. The van der Waals surface area contributed by atoms with E-state index >= 15 is 0 Å². The van der Waals surface area contributed by atoms with Crippen molar-refractivity contribution in [1.29, 1.82) is 0 Å². The van der Waals surface area contributed by atoms with Crippen LogP contribution in [0.5, 0.6) is 0 Å². The molecule has 6 heteroatoms. The number of rotatable bonds is 1. The molecule has 0 unspecified atom stereocenters. The minimum absolute atomic E-state index is 0.0635. The lowest BCUT2D eigenvalue weighted by molar-refractivity contribution is -0.137. The number of nitrogens with zero attached hydrogens (tertiary/aromatic N) is 2. The average molecular weight is 229 g/mol. The van der Waals surface area contributed by atoms with Gasteiger partial charge in [-0.15, -0.1) is 0 Å². The lowest BCUT2D eigenvalue weighted by Gasteiger charge is -2.07. The van der Waals surface area contributed by atoms with Crippen molar-refractivity contribution in [3.8, 4) is 0 Å². The lowest BCUT2D eigenvalue weighted by Crippen LogP contribution is -2.08. The van der Waals surface area contributed by atoms with Gasteiger partial charge in [-0.1, -0.05) is 12.1 Å². The van der Waals surface area contributed by atoms with Gasteiger partial charge >= 0.3 is 6.18 Å². The van der Waals surface area contributed by atoms with Crippen LogP contribution in [0.1, 0.15) is 18.1 Å². The summed E-state index contributed by atoms with van der Waals surface area (Å²) in [5.41, 5.74) is -0.520. The van der Waals surface area contributed by atoms with Crippen LogP contribution < -0.4 is 5.84 Å². The number of alkyl halides is 3. The molecule has 0 spiro atoms. The Balaban J connectivity index is 3.17. The van der Waals surface area contributed by atoms with Gasteiger partial charge in [0.05, 0.1) is 5.56 Å². The third-order valence-electron chi connectivity index (χ3n) is 1.82. The van der Waals surface area contributed by atoms with Gasteiger partial charge < -0.3 is 5.84 Å². The fourth-order valence-corrected chi connectivity index (χ4v) is 1.14. The van der Waals surface area contributed by atoms with E-state index in [1.807, 2.05) is 0 Å². The standard InChI is InChI=1S/C10H10F3N3/c1-2-15-9(16-14)7-4-3-5-8(6-7)10(11,12)13/h2-6H,14H2,1H3/b15-2?,16-9-. The zero-order chi connectivity index (χ0) is 12.2. The molecule has 86 valence electrons. The van der Waals surface area contributed by atoms with Crippen LogP contribution in [0.15, 0.2) is 34.4 Å². The fourth-order valence-electron chi connectivity index (χ4n) is 1.14. The first-order valence-electron chi connectivity index (χ1n) is 4.43. The van der Waals surface area contributed by atoms with E-state index in [9.17, 15) is 13.2 Å². The summed E-state index contributed by atoms with van der Waals surface area (Å²) < 4.78 is 37.2. The Morgan fingerprint density at radius 1 is 1.38 bits per heavy atom. The zero-order valence-corrected chi connectivity index (χ0v) is 8.49. The molecule has 0 aliphatic heterocycles. The highest BCUT2D eigenvalue weighted by atomic mass is 19.4. The van der Waals surface area contributed by atoms with Gasteiger partial charge in [-0.3, -0.25) is 0 Å². The molecule has 0 heterocycles. The smallest absolute Gasteiger partial charge is 0.321 e. The van der Waals surface area contributed by atoms with Crippen molar-refractivity contribution in [1.82, 2.24) is 0 Å². The van der Waals surface area contributed by atoms with E-state index < -0.39 is 11.7 Å². The fraction of sp³-hybridized carbons (Fsp3) is 0.200. The van der Waals surface area contributed by atoms with Crippen LogP contribution in [0.2, 0.25) is 0 Å². The van der Waals surface area contributed by atoms with Crippen LogP contribution in [-0.2, 0) is 6.18 Å². The zero-order valence-electron chi connectivity index (χ0n) is 8.49. The van der Waals surface area contributed by atoms with Crippen molar-refractivity contribution in [2.24, 2.45) is 15.9 Å². The molecule has 0 atom stereocenters. The van der Waals surface area contributed by atoms with Gasteiger partial charge in [-0.25, -0.2) is 4.99 Å². The minimum atomic E-state index is -4.38. The molecule has 0 aromatic heterocycles. The Bertz CT molecular complexity index is 422. The summed E-state index contributed by atoms with van der Waals surface area (Å²) in [6, 6.07) is 4.69. The number of hydrogen-bond donors (Lipinski definition) is 1. The van der Waals surface area contributed by atoms with Crippen LogP contribution >= 0.6 is 0 Å². The van der Waals surface area contributed by atoms with E-state index in [0.29, 0.717) is 0 Å². The normalized spacial score (nSPS) is 13.4. The Morgan fingerprint density at radius 2 is 2.06 bits per heavy atom. The molecule has 2 N–H and O–H groups in total. The molecule has 0 fully saturated rings. The van der Waals surface area contributed by atoms with Gasteiger partial charge in [0.2, 0.25) is 0 Å². The van der Waals surface area contributed by atoms with Crippen LogP contribution in [0.3, 0.4) is 0 Å². The van der Waals surface area contributed by atoms with Gasteiger partial charge in [0, 0.05) is 11.8 Å². The molecule has 0 aliphatic rings. The van der Waals surface area contributed by atoms with Crippen molar-refractivity contribution in [3.63, 3.8) is 0 Å². The molecule has 0 amide bonds. The highest BCUT2D eigenvalue weighted by Gasteiger charge is 2.30.